The number of aromatic nitrogens is 2. The topological polar surface area (TPSA) is 107 Å². The van der Waals surface area contributed by atoms with E-state index in [1.54, 1.807) is 23.0 Å². The highest BCUT2D eigenvalue weighted by Gasteiger charge is 2.13. The van der Waals surface area contributed by atoms with Crippen molar-refractivity contribution < 1.29 is 13.2 Å². The molecule has 1 amide bonds. The van der Waals surface area contributed by atoms with Gasteiger partial charge >= 0.3 is 0 Å². The van der Waals surface area contributed by atoms with E-state index in [1.807, 2.05) is 19.2 Å². The first-order valence-corrected chi connectivity index (χ1v) is 8.78. The summed E-state index contributed by atoms with van der Waals surface area (Å²) in [6.45, 7) is 2.86. The van der Waals surface area contributed by atoms with Crippen molar-refractivity contribution in [2.45, 2.75) is 24.8 Å². The SMILES string of the molecule is CC(Cn1cccn1)C(=O)NCCc1ccc(S(N)(=O)=O)cc1. The molecular formula is C15H20N4O3S. The Kier molecular flexibility index (Phi) is 5.51. The number of carbonyl (C=O) groups excluding carboxylic acids is 1. The van der Waals surface area contributed by atoms with E-state index in [1.165, 1.54) is 12.1 Å². The molecule has 1 atom stereocenters. The zero-order chi connectivity index (χ0) is 16.9. The molecule has 1 aromatic carbocycles. The lowest BCUT2D eigenvalue weighted by Crippen LogP contribution is -2.33. The van der Waals surface area contributed by atoms with Crippen molar-refractivity contribution in [1.82, 2.24) is 15.1 Å². The molecule has 23 heavy (non-hydrogen) atoms. The quantitative estimate of drug-likeness (QED) is 0.769. The summed E-state index contributed by atoms with van der Waals surface area (Å²) in [4.78, 5) is 12.1. The van der Waals surface area contributed by atoms with E-state index in [9.17, 15) is 13.2 Å². The summed E-state index contributed by atoms with van der Waals surface area (Å²) in [6.07, 6.45) is 4.11. The van der Waals surface area contributed by atoms with Crippen LogP contribution >= 0.6 is 0 Å². The monoisotopic (exact) mass is 336 g/mol. The minimum Gasteiger partial charge on any atom is -0.355 e. The number of amides is 1. The van der Waals surface area contributed by atoms with Crippen LogP contribution < -0.4 is 10.5 Å². The molecule has 1 unspecified atom stereocenters. The minimum atomic E-state index is -3.67. The summed E-state index contributed by atoms with van der Waals surface area (Å²) in [5.74, 6) is -0.221. The zero-order valence-corrected chi connectivity index (χ0v) is 13.7. The fraction of sp³-hybridized carbons (Fsp3) is 0.333. The molecule has 1 aromatic heterocycles. The molecule has 0 bridgehead atoms. The second-order valence-corrected chi connectivity index (χ2v) is 6.92. The Balaban J connectivity index is 1.79. The van der Waals surface area contributed by atoms with E-state index < -0.39 is 10.0 Å². The van der Waals surface area contributed by atoms with Crippen molar-refractivity contribution >= 4 is 15.9 Å². The van der Waals surface area contributed by atoms with Gasteiger partial charge in [0.05, 0.1) is 17.4 Å². The van der Waals surface area contributed by atoms with E-state index in [-0.39, 0.29) is 16.7 Å². The van der Waals surface area contributed by atoms with Gasteiger partial charge < -0.3 is 5.32 Å². The third kappa shape index (κ3) is 5.19. The first kappa shape index (κ1) is 17.2. The molecule has 0 aliphatic carbocycles. The highest BCUT2D eigenvalue weighted by Crippen LogP contribution is 2.09. The fourth-order valence-electron chi connectivity index (χ4n) is 2.12. The van der Waals surface area contributed by atoms with Gasteiger partial charge in [-0.2, -0.15) is 5.10 Å². The molecule has 3 N–H and O–H groups in total. The van der Waals surface area contributed by atoms with Gasteiger partial charge in [-0.1, -0.05) is 19.1 Å². The van der Waals surface area contributed by atoms with Crippen molar-refractivity contribution in [1.29, 1.82) is 0 Å². The number of hydrogen-bond donors (Lipinski definition) is 2. The molecule has 2 rings (SSSR count). The van der Waals surface area contributed by atoms with Crippen LogP contribution in [0.3, 0.4) is 0 Å². The van der Waals surface area contributed by atoms with E-state index in [0.29, 0.717) is 19.5 Å². The normalized spacial score (nSPS) is 12.8. The molecule has 0 aliphatic heterocycles. The molecule has 0 fully saturated rings. The summed E-state index contributed by atoms with van der Waals surface area (Å²) in [5, 5.41) is 12.0. The van der Waals surface area contributed by atoms with Gasteiger partial charge in [0.15, 0.2) is 0 Å². The van der Waals surface area contributed by atoms with Crippen LogP contribution in [-0.4, -0.2) is 30.7 Å². The van der Waals surface area contributed by atoms with Gasteiger partial charge in [-0.3, -0.25) is 9.48 Å². The van der Waals surface area contributed by atoms with Crippen LogP contribution in [-0.2, 0) is 27.8 Å². The van der Waals surface area contributed by atoms with Crippen LogP contribution in [0.5, 0.6) is 0 Å². The second kappa shape index (κ2) is 7.38. The van der Waals surface area contributed by atoms with Gasteiger partial charge in [-0.05, 0) is 30.2 Å². The first-order chi connectivity index (χ1) is 10.9. The first-order valence-electron chi connectivity index (χ1n) is 7.23. The maximum absolute atomic E-state index is 12.0. The van der Waals surface area contributed by atoms with Gasteiger partial charge in [0.25, 0.3) is 0 Å². The Morgan fingerprint density at radius 2 is 2.04 bits per heavy atom. The van der Waals surface area contributed by atoms with Gasteiger partial charge in [-0.15, -0.1) is 0 Å². The standard InChI is InChI=1S/C15H20N4O3S/c1-12(11-19-10-2-8-18-19)15(20)17-9-7-13-3-5-14(6-4-13)23(16,21)22/h2-6,8,10,12H,7,9,11H2,1H3,(H,17,20)(H2,16,21,22). The predicted molar refractivity (Wildman–Crippen MR) is 85.9 cm³/mol. The van der Waals surface area contributed by atoms with Gasteiger partial charge in [-0.25, -0.2) is 13.6 Å². The zero-order valence-electron chi connectivity index (χ0n) is 12.8. The highest BCUT2D eigenvalue weighted by atomic mass is 32.2. The van der Waals surface area contributed by atoms with Gasteiger partial charge in [0.1, 0.15) is 0 Å². The summed E-state index contributed by atoms with van der Waals surface area (Å²) in [5.41, 5.74) is 0.928. The number of nitrogens with zero attached hydrogens (tertiary/aromatic N) is 2. The molecule has 0 radical (unpaired) electrons. The van der Waals surface area contributed by atoms with E-state index in [4.69, 9.17) is 5.14 Å². The van der Waals surface area contributed by atoms with Crippen LogP contribution in [0.25, 0.3) is 0 Å². The van der Waals surface area contributed by atoms with Crippen molar-refractivity contribution in [3.05, 3.63) is 48.3 Å². The Bertz CT molecular complexity index is 740. The number of benzene rings is 1. The predicted octanol–water partition coefficient (Wildman–Crippen LogP) is 0.526. The number of carbonyl (C=O) groups is 1. The van der Waals surface area contributed by atoms with Crippen LogP contribution in [0, 0.1) is 5.92 Å². The summed E-state index contributed by atoms with van der Waals surface area (Å²) < 4.78 is 24.1. The lowest BCUT2D eigenvalue weighted by Gasteiger charge is -2.12. The Hall–Kier alpha value is -2.19. The summed E-state index contributed by atoms with van der Waals surface area (Å²) >= 11 is 0. The Morgan fingerprint density at radius 3 is 2.61 bits per heavy atom. The molecule has 2 aromatic rings. The van der Waals surface area contributed by atoms with Crippen LogP contribution in [0.1, 0.15) is 12.5 Å². The average Bonchev–Trinajstić information content (AvgIpc) is 2.99. The fourth-order valence-corrected chi connectivity index (χ4v) is 2.64. The maximum atomic E-state index is 12.0. The van der Waals surface area contributed by atoms with Crippen molar-refractivity contribution in [2.75, 3.05) is 6.54 Å². The van der Waals surface area contributed by atoms with Crippen molar-refractivity contribution in [2.24, 2.45) is 11.1 Å². The largest absolute Gasteiger partial charge is 0.355 e. The minimum absolute atomic E-state index is 0.0401. The van der Waals surface area contributed by atoms with E-state index >= 15 is 0 Å². The van der Waals surface area contributed by atoms with E-state index in [2.05, 4.69) is 10.4 Å². The average molecular weight is 336 g/mol. The molecule has 0 saturated heterocycles. The molecule has 124 valence electrons. The number of primary sulfonamides is 1. The van der Waals surface area contributed by atoms with Crippen LogP contribution in [0.2, 0.25) is 0 Å². The van der Waals surface area contributed by atoms with Gasteiger partial charge in [0.2, 0.25) is 15.9 Å². The van der Waals surface area contributed by atoms with Crippen molar-refractivity contribution in [3.8, 4) is 0 Å². The molecule has 0 saturated carbocycles. The number of hydrogen-bond acceptors (Lipinski definition) is 4. The maximum Gasteiger partial charge on any atom is 0.238 e. The third-order valence-corrected chi connectivity index (χ3v) is 4.36. The number of nitrogens with one attached hydrogen (secondary N) is 1. The lowest BCUT2D eigenvalue weighted by molar-refractivity contribution is -0.124. The Morgan fingerprint density at radius 1 is 1.35 bits per heavy atom. The molecule has 0 aliphatic rings. The highest BCUT2D eigenvalue weighted by molar-refractivity contribution is 7.89. The Labute approximate surface area is 135 Å². The molecule has 7 nitrogen and oxygen atoms in total. The van der Waals surface area contributed by atoms with Crippen LogP contribution in [0.15, 0.2) is 47.6 Å². The van der Waals surface area contributed by atoms with E-state index in [0.717, 1.165) is 5.56 Å². The smallest absolute Gasteiger partial charge is 0.238 e. The molecular weight excluding hydrogens is 316 g/mol. The van der Waals surface area contributed by atoms with Gasteiger partial charge in [0, 0.05) is 18.9 Å². The molecule has 0 spiro atoms. The molecule has 8 heteroatoms. The van der Waals surface area contributed by atoms with Crippen molar-refractivity contribution in [3.63, 3.8) is 0 Å². The van der Waals surface area contributed by atoms with Crippen LogP contribution in [0.4, 0.5) is 0 Å². The second-order valence-electron chi connectivity index (χ2n) is 5.36. The number of nitrogens with two attached hydrogens (primary N) is 1. The lowest BCUT2D eigenvalue weighted by atomic mass is 10.1. The third-order valence-electron chi connectivity index (χ3n) is 3.43. The number of sulfonamides is 1. The number of rotatable bonds is 7. The molecule has 1 heterocycles. The summed E-state index contributed by atoms with van der Waals surface area (Å²) in [7, 11) is -3.67. The summed E-state index contributed by atoms with van der Waals surface area (Å²) in [6, 6.07) is 8.13.